The Hall–Kier alpha value is -3.71. The number of hydrogen-bond acceptors (Lipinski definition) is 6. The van der Waals surface area contributed by atoms with Gasteiger partial charge in [0.2, 0.25) is 0 Å². The Morgan fingerprint density at radius 1 is 1.21 bits per heavy atom. The van der Waals surface area contributed by atoms with Crippen LogP contribution in [-0.2, 0) is 17.8 Å². The van der Waals surface area contributed by atoms with Crippen LogP contribution in [0.15, 0.2) is 87.8 Å². The lowest BCUT2D eigenvalue weighted by molar-refractivity contribution is -0.122. The number of thioether (sulfide) groups is 1. The first-order valence-corrected chi connectivity index (χ1v) is 11.4. The summed E-state index contributed by atoms with van der Waals surface area (Å²) in [5, 5.41) is 11.0. The first-order valence-electron chi connectivity index (χ1n) is 10.6. The molecule has 1 fully saturated rings. The minimum atomic E-state index is -0.164. The summed E-state index contributed by atoms with van der Waals surface area (Å²) in [6.07, 6.45) is 5.58. The van der Waals surface area contributed by atoms with Crippen LogP contribution in [0.2, 0.25) is 0 Å². The molecule has 1 aliphatic rings. The van der Waals surface area contributed by atoms with Crippen molar-refractivity contribution in [1.29, 1.82) is 0 Å². The van der Waals surface area contributed by atoms with Crippen LogP contribution in [-0.4, -0.2) is 27.7 Å². The maximum Gasteiger partial charge on any atom is 0.267 e. The van der Waals surface area contributed by atoms with E-state index < -0.39 is 0 Å². The van der Waals surface area contributed by atoms with Gasteiger partial charge in [-0.15, -0.1) is 6.58 Å². The largest absolute Gasteiger partial charge is 0.504 e. The number of hydrogen-bond donors (Lipinski definition) is 1. The molecule has 1 amide bonds. The Morgan fingerprint density at radius 2 is 2.03 bits per heavy atom. The average molecular weight is 461 g/mol. The number of furan rings is 1. The summed E-state index contributed by atoms with van der Waals surface area (Å²) in [5.41, 5.74) is 2.20. The van der Waals surface area contributed by atoms with Crippen molar-refractivity contribution in [3.8, 4) is 11.5 Å². The number of amidine groups is 1. The van der Waals surface area contributed by atoms with Gasteiger partial charge < -0.3 is 14.3 Å². The maximum absolute atomic E-state index is 13.3. The van der Waals surface area contributed by atoms with Crippen LogP contribution in [0, 0.1) is 0 Å². The highest BCUT2D eigenvalue weighted by Crippen LogP contribution is 2.38. The molecule has 7 heteroatoms. The number of amides is 1. The Bertz CT molecular complexity index is 1200. The van der Waals surface area contributed by atoms with Gasteiger partial charge in [-0.1, -0.05) is 24.3 Å². The SMILES string of the molecule is C=CCc1cc(/C=C2\SC(=Nc3ccccc3)N(Cc3ccco3)C2=O)cc(OCC)c1O. The third-order valence-corrected chi connectivity index (χ3v) is 5.91. The van der Waals surface area contributed by atoms with Crippen LogP contribution in [0.4, 0.5) is 5.69 Å². The summed E-state index contributed by atoms with van der Waals surface area (Å²) in [5.74, 6) is 0.977. The van der Waals surface area contributed by atoms with E-state index in [2.05, 4.69) is 6.58 Å². The number of aliphatic imine (C=N–C) groups is 1. The number of para-hydroxylation sites is 1. The van der Waals surface area contributed by atoms with E-state index in [1.54, 1.807) is 35.4 Å². The number of carbonyl (C=O) groups is 1. The van der Waals surface area contributed by atoms with Crippen LogP contribution >= 0.6 is 11.8 Å². The molecule has 2 heterocycles. The molecule has 0 unspecified atom stereocenters. The molecule has 0 bridgehead atoms. The van der Waals surface area contributed by atoms with Gasteiger partial charge in [0.1, 0.15) is 5.76 Å². The molecule has 0 atom stereocenters. The molecule has 1 N–H and O–H groups in total. The highest BCUT2D eigenvalue weighted by molar-refractivity contribution is 8.18. The Kier molecular flexibility index (Phi) is 7.00. The lowest BCUT2D eigenvalue weighted by Crippen LogP contribution is -2.28. The smallest absolute Gasteiger partial charge is 0.267 e. The van der Waals surface area contributed by atoms with E-state index in [4.69, 9.17) is 14.1 Å². The van der Waals surface area contributed by atoms with E-state index in [1.165, 1.54) is 11.8 Å². The molecule has 1 saturated heterocycles. The second kappa shape index (κ2) is 10.3. The molecule has 0 saturated carbocycles. The summed E-state index contributed by atoms with van der Waals surface area (Å²) in [6, 6.07) is 16.7. The monoisotopic (exact) mass is 460 g/mol. The zero-order valence-electron chi connectivity index (χ0n) is 18.2. The Balaban J connectivity index is 1.72. The number of ether oxygens (including phenoxy) is 1. The second-order valence-corrected chi connectivity index (χ2v) is 8.27. The molecular formula is C26H24N2O4S. The maximum atomic E-state index is 13.3. The third kappa shape index (κ3) is 5.21. The second-order valence-electron chi connectivity index (χ2n) is 7.26. The first kappa shape index (κ1) is 22.5. The number of aromatic hydroxyl groups is 1. The number of nitrogens with zero attached hydrogens (tertiary/aromatic N) is 2. The zero-order valence-corrected chi connectivity index (χ0v) is 19.0. The summed E-state index contributed by atoms with van der Waals surface area (Å²) < 4.78 is 11.1. The average Bonchev–Trinajstić information content (AvgIpc) is 3.42. The van der Waals surface area contributed by atoms with Crippen molar-refractivity contribution in [3.05, 3.63) is 95.3 Å². The van der Waals surface area contributed by atoms with Crippen molar-refractivity contribution >= 4 is 34.6 Å². The fraction of sp³-hybridized carbons (Fsp3) is 0.154. The summed E-state index contributed by atoms with van der Waals surface area (Å²) >= 11 is 1.30. The van der Waals surface area contributed by atoms with Gasteiger partial charge in [-0.25, -0.2) is 4.99 Å². The van der Waals surface area contributed by atoms with Gasteiger partial charge in [0.15, 0.2) is 16.7 Å². The van der Waals surface area contributed by atoms with E-state index in [-0.39, 0.29) is 18.2 Å². The van der Waals surface area contributed by atoms with Crippen LogP contribution in [0.25, 0.3) is 6.08 Å². The molecule has 33 heavy (non-hydrogen) atoms. The fourth-order valence-corrected chi connectivity index (χ4v) is 4.40. The fourth-order valence-electron chi connectivity index (χ4n) is 3.40. The van der Waals surface area contributed by atoms with Crippen LogP contribution < -0.4 is 4.74 Å². The minimum absolute atomic E-state index is 0.0927. The minimum Gasteiger partial charge on any atom is -0.504 e. The van der Waals surface area contributed by atoms with Crippen molar-refractivity contribution in [2.75, 3.05) is 6.61 Å². The van der Waals surface area contributed by atoms with Gasteiger partial charge in [-0.05, 0) is 73.1 Å². The van der Waals surface area contributed by atoms with E-state index >= 15 is 0 Å². The van der Waals surface area contributed by atoms with Gasteiger partial charge >= 0.3 is 0 Å². The highest BCUT2D eigenvalue weighted by Gasteiger charge is 2.34. The zero-order chi connectivity index (χ0) is 23.2. The quantitative estimate of drug-likeness (QED) is 0.334. The lowest BCUT2D eigenvalue weighted by Gasteiger charge is -2.14. The summed E-state index contributed by atoms with van der Waals surface area (Å²) in [6.45, 7) is 6.31. The normalized spacial score (nSPS) is 16.0. The van der Waals surface area contributed by atoms with Crippen molar-refractivity contribution in [2.45, 2.75) is 19.9 Å². The van der Waals surface area contributed by atoms with Gasteiger partial charge in [0.05, 0.1) is 30.0 Å². The Labute approximate surface area is 196 Å². The van der Waals surface area contributed by atoms with E-state index in [9.17, 15) is 9.90 Å². The first-order chi connectivity index (χ1) is 16.1. The van der Waals surface area contributed by atoms with Crippen molar-refractivity contribution in [2.24, 2.45) is 4.99 Å². The van der Waals surface area contributed by atoms with Gasteiger partial charge in [0.25, 0.3) is 5.91 Å². The summed E-state index contributed by atoms with van der Waals surface area (Å²) in [4.78, 5) is 20.2. The number of benzene rings is 2. The van der Waals surface area contributed by atoms with Crippen LogP contribution in [0.1, 0.15) is 23.8 Å². The molecule has 1 aromatic heterocycles. The predicted molar refractivity (Wildman–Crippen MR) is 132 cm³/mol. The van der Waals surface area contributed by atoms with Crippen LogP contribution in [0.5, 0.6) is 11.5 Å². The van der Waals surface area contributed by atoms with E-state index in [0.717, 1.165) is 11.3 Å². The van der Waals surface area contributed by atoms with Crippen molar-refractivity contribution in [3.63, 3.8) is 0 Å². The number of allylic oxidation sites excluding steroid dienone is 1. The van der Waals surface area contributed by atoms with Gasteiger partial charge in [0, 0.05) is 5.56 Å². The van der Waals surface area contributed by atoms with Crippen molar-refractivity contribution in [1.82, 2.24) is 4.90 Å². The number of carbonyl (C=O) groups excluding carboxylic acids is 1. The van der Waals surface area contributed by atoms with E-state index in [1.807, 2.05) is 49.4 Å². The number of rotatable bonds is 8. The molecule has 2 aromatic carbocycles. The van der Waals surface area contributed by atoms with Crippen molar-refractivity contribution < 1.29 is 19.1 Å². The molecule has 3 aromatic rings. The molecule has 0 radical (unpaired) electrons. The molecule has 0 spiro atoms. The molecule has 1 aliphatic heterocycles. The van der Waals surface area contributed by atoms with Gasteiger partial charge in [-0.3, -0.25) is 9.69 Å². The third-order valence-electron chi connectivity index (χ3n) is 4.90. The lowest BCUT2D eigenvalue weighted by atomic mass is 10.1. The summed E-state index contributed by atoms with van der Waals surface area (Å²) in [7, 11) is 0. The molecule has 0 aliphatic carbocycles. The Morgan fingerprint density at radius 3 is 2.73 bits per heavy atom. The number of phenolic OH excluding ortho intramolecular Hbond substituents is 1. The standard InChI is InChI=1S/C26H24N2O4S/c1-3-9-19-14-18(15-22(24(19)29)31-4-2)16-23-25(30)28(17-21-12-8-13-32-21)26(33-23)27-20-10-6-5-7-11-20/h3,5-8,10-16,29H,1,4,9,17H2,2H3/b23-16-,27-26?. The predicted octanol–water partition coefficient (Wildman–Crippen LogP) is 5.92. The molecule has 168 valence electrons. The number of phenols is 1. The topological polar surface area (TPSA) is 75.3 Å². The molecule has 6 nitrogen and oxygen atoms in total. The van der Waals surface area contributed by atoms with E-state index in [0.29, 0.717) is 40.2 Å². The van der Waals surface area contributed by atoms with Gasteiger partial charge in [-0.2, -0.15) is 0 Å². The highest BCUT2D eigenvalue weighted by atomic mass is 32.2. The molecular weight excluding hydrogens is 436 g/mol. The molecule has 4 rings (SSSR count). The van der Waals surface area contributed by atoms with Crippen LogP contribution in [0.3, 0.4) is 0 Å².